The van der Waals surface area contributed by atoms with Gasteiger partial charge >= 0.3 is 0 Å². The van der Waals surface area contributed by atoms with Gasteiger partial charge < -0.3 is 20.3 Å². The third kappa shape index (κ3) is 4.94. The molecule has 0 aliphatic carbocycles. The molecule has 3 rings (SSSR count). The predicted molar refractivity (Wildman–Crippen MR) is 123 cm³/mol. The zero-order valence-electron chi connectivity index (χ0n) is 17.5. The van der Waals surface area contributed by atoms with Crippen molar-refractivity contribution in [2.24, 2.45) is 17.8 Å². The number of benzene rings is 1. The van der Waals surface area contributed by atoms with Gasteiger partial charge in [-0.2, -0.15) is 0 Å². The van der Waals surface area contributed by atoms with Gasteiger partial charge in [0.1, 0.15) is 0 Å². The lowest BCUT2D eigenvalue weighted by atomic mass is 10.0. The van der Waals surface area contributed by atoms with Gasteiger partial charge in [0, 0.05) is 43.8 Å². The van der Waals surface area contributed by atoms with Crippen molar-refractivity contribution in [1.82, 2.24) is 4.57 Å². The molecule has 5 nitrogen and oxygen atoms in total. The van der Waals surface area contributed by atoms with Gasteiger partial charge in [0.05, 0.1) is 18.0 Å². The minimum Gasteiger partial charge on any atom is -0.395 e. The van der Waals surface area contributed by atoms with Gasteiger partial charge in [-0.25, -0.2) is 4.99 Å². The summed E-state index contributed by atoms with van der Waals surface area (Å²) in [4.78, 5) is 6.91. The fourth-order valence-corrected chi connectivity index (χ4v) is 3.52. The van der Waals surface area contributed by atoms with E-state index in [0.717, 1.165) is 40.3 Å². The Labute approximate surface area is 173 Å². The maximum Gasteiger partial charge on any atom is 0.0720 e. The molecule has 1 aliphatic heterocycles. The minimum atomic E-state index is 0.147. The van der Waals surface area contributed by atoms with E-state index in [4.69, 9.17) is 15.8 Å². The number of aryl methyl sites for hydroxylation is 1. The van der Waals surface area contributed by atoms with Crippen LogP contribution in [0, 0.1) is 0 Å². The molecular formula is C24H30N4O. The molecule has 152 valence electrons. The van der Waals surface area contributed by atoms with Gasteiger partial charge in [0.15, 0.2) is 0 Å². The Bertz CT molecular complexity index is 961. The molecule has 0 amide bonds. The van der Waals surface area contributed by atoms with Crippen molar-refractivity contribution in [3.63, 3.8) is 0 Å². The minimum absolute atomic E-state index is 0.147. The van der Waals surface area contributed by atoms with Gasteiger partial charge in [0.2, 0.25) is 0 Å². The monoisotopic (exact) mass is 390 g/mol. The van der Waals surface area contributed by atoms with Crippen LogP contribution in [0.5, 0.6) is 0 Å². The maximum atomic E-state index is 9.07. The number of likely N-dealkylation sites (N-methyl/N-ethyl adjacent to an activating group) is 1. The number of aliphatic hydroxyl groups excluding tert-OH is 1. The molecule has 1 aromatic heterocycles. The number of aromatic nitrogens is 1. The Morgan fingerprint density at radius 2 is 1.97 bits per heavy atom. The number of hydrogen-bond donors (Lipinski definition) is 2. The number of nitrogens with zero attached hydrogens (tertiary/aromatic N) is 3. The summed E-state index contributed by atoms with van der Waals surface area (Å²) in [5, 5.41) is 9.07. The van der Waals surface area contributed by atoms with E-state index in [-0.39, 0.29) is 6.61 Å². The van der Waals surface area contributed by atoms with Crippen LogP contribution in [0.15, 0.2) is 71.0 Å². The van der Waals surface area contributed by atoms with Crippen LogP contribution in [0.3, 0.4) is 0 Å². The molecule has 0 saturated carbocycles. The summed E-state index contributed by atoms with van der Waals surface area (Å²) < 4.78 is 2.12. The largest absolute Gasteiger partial charge is 0.395 e. The smallest absolute Gasteiger partial charge is 0.0720 e. The summed E-state index contributed by atoms with van der Waals surface area (Å²) in [6.45, 7) is 3.46. The van der Waals surface area contributed by atoms with Gasteiger partial charge in [-0.1, -0.05) is 18.2 Å². The molecule has 0 radical (unpaired) electrons. The van der Waals surface area contributed by atoms with Gasteiger partial charge in [-0.05, 0) is 67.4 Å². The quantitative estimate of drug-likeness (QED) is 0.723. The van der Waals surface area contributed by atoms with Crippen molar-refractivity contribution in [2.75, 3.05) is 31.6 Å². The highest BCUT2D eigenvalue weighted by atomic mass is 16.3. The number of rotatable bonds is 8. The molecule has 2 aromatic rings. The lowest BCUT2D eigenvalue weighted by Gasteiger charge is -2.17. The average molecular weight is 391 g/mol. The Balaban J connectivity index is 1.82. The molecule has 0 spiro atoms. The zero-order chi connectivity index (χ0) is 20.8. The van der Waals surface area contributed by atoms with Crippen molar-refractivity contribution in [1.29, 1.82) is 0 Å². The van der Waals surface area contributed by atoms with E-state index in [1.54, 1.807) is 0 Å². The molecule has 0 unspecified atom stereocenters. The normalized spacial score (nSPS) is 15.6. The topological polar surface area (TPSA) is 66.8 Å². The highest BCUT2D eigenvalue weighted by molar-refractivity contribution is 6.10. The molecule has 1 aliphatic rings. The fraction of sp³-hybridized carbons (Fsp3) is 0.292. The van der Waals surface area contributed by atoms with E-state index < -0.39 is 0 Å². The molecule has 0 fully saturated rings. The van der Waals surface area contributed by atoms with Crippen LogP contribution in [0.4, 0.5) is 5.69 Å². The molecule has 1 aromatic carbocycles. The molecule has 5 heteroatoms. The van der Waals surface area contributed by atoms with Crippen LogP contribution in [-0.2, 0) is 7.05 Å². The van der Waals surface area contributed by atoms with Crippen molar-refractivity contribution in [3.8, 4) is 0 Å². The van der Waals surface area contributed by atoms with Crippen molar-refractivity contribution in [3.05, 3.63) is 77.3 Å². The lowest BCUT2D eigenvalue weighted by Crippen LogP contribution is -2.20. The van der Waals surface area contributed by atoms with Crippen molar-refractivity contribution < 1.29 is 5.11 Å². The van der Waals surface area contributed by atoms with Crippen LogP contribution in [0.1, 0.15) is 24.6 Å². The number of nitrogens with two attached hydrogens (primary N) is 1. The summed E-state index contributed by atoms with van der Waals surface area (Å²) in [6.07, 6.45) is 9.09. The number of anilines is 1. The third-order valence-corrected chi connectivity index (χ3v) is 5.13. The first kappa shape index (κ1) is 20.8. The summed E-state index contributed by atoms with van der Waals surface area (Å²) in [6, 6.07) is 12.4. The first-order valence-electron chi connectivity index (χ1n) is 9.96. The summed E-state index contributed by atoms with van der Waals surface area (Å²) in [7, 11) is 4.02. The lowest BCUT2D eigenvalue weighted by molar-refractivity contribution is 0.304. The number of aliphatic imine (C=N–C) groups is 1. The Kier molecular flexibility index (Phi) is 6.86. The van der Waals surface area contributed by atoms with Crippen molar-refractivity contribution in [2.45, 2.75) is 13.3 Å². The Hall–Kier alpha value is -2.89. The van der Waals surface area contributed by atoms with Gasteiger partial charge in [-0.15, -0.1) is 0 Å². The predicted octanol–water partition coefficient (Wildman–Crippen LogP) is 3.63. The molecule has 0 atom stereocenters. The molecule has 3 N–H and O–H groups in total. The molecular weight excluding hydrogens is 360 g/mol. The van der Waals surface area contributed by atoms with Crippen LogP contribution in [0.2, 0.25) is 0 Å². The molecule has 2 heterocycles. The van der Waals surface area contributed by atoms with E-state index >= 15 is 0 Å². The van der Waals surface area contributed by atoms with Crippen LogP contribution in [-0.4, -0.2) is 42.1 Å². The number of allylic oxidation sites excluding steroid dienone is 3. The summed E-state index contributed by atoms with van der Waals surface area (Å²) in [5.74, 6) is 0. The summed E-state index contributed by atoms with van der Waals surface area (Å²) >= 11 is 0. The SMILES string of the molecule is CC1=CC(/C=C/c2ccc(N(C)CCO)cc2)=NC/1=C(/CCN)c1cccn1C. The van der Waals surface area contributed by atoms with E-state index in [1.165, 1.54) is 5.57 Å². The molecule has 29 heavy (non-hydrogen) atoms. The van der Waals surface area contributed by atoms with Gasteiger partial charge in [-0.3, -0.25) is 0 Å². The fourth-order valence-electron chi connectivity index (χ4n) is 3.52. The standard InChI is InChI=1S/C24H30N4O/c1-18-17-20(9-6-19-7-10-21(11-8-19)27(2)15-16-29)26-24(18)22(12-13-25)23-5-4-14-28(23)3/h4-11,14,17,29H,12-13,15-16,25H2,1-3H3/b9-6+,24-22-. The highest BCUT2D eigenvalue weighted by Crippen LogP contribution is 2.31. The third-order valence-electron chi connectivity index (χ3n) is 5.13. The average Bonchev–Trinajstić information content (AvgIpc) is 3.30. The second-order valence-corrected chi connectivity index (χ2v) is 7.30. The van der Waals surface area contributed by atoms with E-state index in [9.17, 15) is 0 Å². The van der Waals surface area contributed by atoms with E-state index in [0.29, 0.717) is 13.1 Å². The first-order valence-corrected chi connectivity index (χ1v) is 9.96. The van der Waals surface area contributed by atoms with Gasteiger partial charge in [0.25, 0.3) is 0 Å². The summed E-state index contributed by atoms with van der Waals surface area (Å²) in [5.41, 5.74) is 13.6. The molecule has 0 saturated heterocycles. The van der Waals surface area contributed by atoms with Crippen LogP contribution >= 0.6 is 0 Å². The number of aliphatic hydroxyl groups is 1. The van der Waals surface area contributed by atoms with E-state index in [1.807, 2.05) is 37.3 Å². The van der Waals surface area contributed by atoms with E-state index in [2.05, 4.69) is 54.0 Å². The van der Waals surface area contributed by atoms with Crippen molar-refractivity contribution >= 4 is 23.0 Å². The second-order valence-electron chi connectivity index (χ2n) is 7.30. The van der Waals surface area contributed by atoms with Crippen LogP contribution < -0.4 is 10.6 Å². The first-order chi connectivity index (χ1) is 14.0. The maximum absolute atomic E-state index is 9.07. The second kappa shape index (κ2) is 9.54. The number of hydrogen-bond acceptors (Lipinski definition) is 4. The Morgan fingerprint density at radius 1 is 1.21 bits per heavy atom. The zero-order valence-corrected chi connectivity index (χ0v) is 17.5. The molecule has 0 bridgehead atoms. The Morgan fingerprint density at radius 3 is 2.59 bits per heavy atom. The van der Waals surface area contributed by atoms with Crippen LogP contribution in [0.25, 0.3) is 11.6 Å². The highest BCUT2D eigenvalue weighted by Gasteiger charge is 2.17.